The minimum atomic E-state index is -0.399. The lowest BCUT2D eigenvalue weighted by molar-refractivity contribution is -0.115. The summed E-state index contributed by atoms with van der Waals surface area (Å²) in [5, 5.41) is 2.57. The fraction of sp³-hybridized carbons (Fsp3) is 0.409. The normalized spacial score (nSPS) is 22.8. The number of fused-ring (bicyclic) bond motifs is 3. The largest absolute Gasteiger partial charge is 0.505 e. The molecule has 10 heteroatoms. The third kappa shape index (κ3) is 3.83. The van der Waals surface area contributed by atoms with Crippen LogP contribution in [0.15, 0.2) is 42.5 Å². The molecule has 2 aromatic rings. The molecular weight excluding hydrogens is 401 g/mol. The van der Waals surface area contributed by atoms with Gasteiger partial charge in [0.1, 0.15) is 43.0 Å². The number of nitrogens with zero attached hydrogens (tertiary/aromatic N) is 2. The Hall–Kier alpha value is -2.34. The third-order valence-electron chi connectivity index (χ3n) is 7.24. The number of anilines is 2. The first-order chi connectivity index (χ1) is 15.1. The lowest BCUT2D eigenvalue weighted by Gasteiger charge is -2.49. The predicted octanol–water partition coefficient (Wildman–Crippen LogP) is -0.935. The molecule has 1 fully saturated rings. The van der Waals surface area contributed by atoms with E-state index in [0.717, 1.165) is 31.6 Å². The summed E-state index contributed by atoms with van der Waals surface area (Å²) in [7, 11) is 8.78. The summed E-state index contributed by atoms with van der Waals surface area (Å²) in [6.45, 7) is 2.40. The first-order valence-corrected chi connectivity index (χ1v) is 11.5. The Labute approximate surface area is 192 Å². The molecule has 3 aliphatic rings. The van der Waals surface area contributed by atoms with Crippen LogP contribution >= 0.6 is 0 Å². The van der Waals surface area contributed by atoms with E-state index in [1.54, 1.807) is 12.1 Å². The number of carbonyl (C=O) groups is 1. The molecule has 162 valence electrons. The number of benzene rings is 2. The summed E-state index contributed by atoms with van der Waals surface area (Å²) < 4.78 is 19.5. The zero-order valence-electron chi connectivity index (χ0n) is 19.3. The van der Waals surface area contributed by atoms with Crippen LogP contribution in [0.3, 0.4) is 0 Å². The van der Waals surface area contributed by atoms with E-state index < -0.39 is 5.40 Å². The van der Waals surface area contributed by atoms with Crippen LogP contribution < -0.4 is 15.0 Å². The molecular formula is C22H28B4FN3O2. The van der Waals surface area contributed by atoms with Gasteiger partial charge in [-0.3, -0.25) is 4.79 Å². The fourth-order valence-corrected chi connectivity index (χ4v) is 6.17. The van der Waals surface area contributed by atoms with Crippen molar-refractivity contribution < 1.29 is 13.9 Å². The van der Waals surface area contributed by atoms with Crippen molar-refractivity contribution in [2.75, 3.05) is 29.9 Å². The van der Waals surface area contributed by atoms with Crippen LogP contribution in [0.5, 0.6) is 5.75 Å². The minimum Gasteiger partial charge on any atom is -0.505 e. The van der Waals surface area contributed by atoms with Crippen molar-refractivity contribution in [3.63, 3.8) is 0 Å². The summed E-state index contributed by atoms with van der Waals surface area (Å²) in [5.41, 5.74) is 3.53. The predicted molar refractivity (Wildman–Crippen MR) is 136 cm³/mol. The summed E-state index contributed by atoms with van der Waals surface area (Å²) >= 11 is 0. The SMILES string of the molecule is BC(B)(CC(B)(B)N1CC[C@H]2[C@@H](C1)c1cccc3c1N2CC(=O)N3)Oc1ccc(F)cc1. The monoisotopic (exact) mass is 429 g/mol. The van der Waals surface area contributed by atoms with Gasteiger partial charge < -0.3 is 19.9 Å². The number of amides is 1. The van der Waals surface area contributed by atoms with Crippen molar-refractivity contribution in [3.8, 4) is 5.75 Å². The standard InChI is InChI=1S/C22H28B4FN3O2/c23-21(24,12-22(25,26)32-14-6-4-13(27)5-7-14)29-9-8-18-16(10-29)15-2-1-3-17-20(15)30(18)11-19(31)28-17/h1-7,16,18H,8-12,23-26H2,(H,28,31)/t16-,18-/m0/s1. The van der Waals surface area contributed by atoms with Gasteiger partial charge in [0.05, 0.1) is 17.9 Å². The lowest BCUT2D eigenvalue weighted by Crippen LogP contribution is -2.61. The molecule has 0 saturated carbocycles. The summed E-state index contributed by atoms with van der Waals surface area (Å²) in [4.78, 5) is 17.2. The van der Waals surface area contributed by atoms with Crippen LogP contribution in [-0.2, 0) is 4.79 Å². The van der Waals surface area contributed by atoms with Gasteiger partial charge >= 0.3 is 0 Å². The van der Waals surface area contributed by atoms with Crippen molar-refractivity contribution in [1.29, 1.82) is 0 Å². The number of halogens is 1. The molecule has 3 heterocycles. The zero-order valence-corrected chi connectivity index (χ0v) is 19.3. The number of piperidine rings is 1. The second kappa shape index (κ2) is 7.62. The van der Waals surface area contributed by atoms with Crippen LogP contribution in [0.4, 0.5) is 15.8 Å². The summed E-state index contributed by atoms with van der Waals surface area (Å²) in [5.74, 6) is 0.909. The summed E-state index contributed by atoms with van der Waals surface area (Å²) in [6, 6.07) is 12.9. The van der Waals surface area contributed by atoms with Gasteiger partial charge in [-0.2, -0.15) is 0 Å². The molecule has 3 aliphatic heterocycles. The molecule has 1 N–H and O–H groups in total. The maximum Gasteiger partial charge on any atom is 0.243 e. The molecule has 32 heavy (non-hydrogen) atoms. The number of ether oxygens (including phenoxy) is 1. The second-order valence-corrected chi connectivity index (χ2v) is 10.6. The summed E-state index contributed by atoms with van der Waals surface area (Å²) in [6.07, 6.45) is 1.88. The Balaban J connectivity index is 1.33. The molecule has 0 unspecified atom stereocenters. The number of carbonyl (C=O) groups excluding carboxylic acids is 1. The van der Waals surface area contributed by atoms with Crippen molar-refractivity contribution >= 4 is 48.7 Å². The van der Waals surface area contributed by atoms with Gasteiger partial charge in [-0.15, -0.1) is 0 Å². The van der Waals surface area contributed by atoms with Gasteiger partial charge in [0.15, 0.2) is 0 Å². The van der Waals surface area contributed by atoms with E-state index in [1.807, 2.05) is 6.07 Å². The number of rotatable bonds is 5. The highest BCUT2D eigenvalue weighted by molar-refractivity contribution is 6.44. The molecule has 0 aliphatic carbocycles. The Morgan fingerprint density at radius 3 is 2.62 bits per heavy atom. The molecule has 0 spiro atoms. The van der Waals surface area contributed by atoms with Gasteiger partial charge in [-0.1, -0.05) is 12.1 Å². The van der Waals surface area contributed by atoms with Crippen LogP contribution in [-0.4, -0.2) is 78.6 Å². The molecule has 2 aromatic carbocycles. The van der Waals surface area contributed by atoms with Crippen molar-refractivity contribution in [2.45, 2.75) is 35.5 Å². The molecule has 5 nitrogen and oxygen atoms in total. The van der Waals surface area contributed by atoms with Gasteiger partial charge in [0.2, 0.25) is 5.91 Å². The molecule has 5 rings (SSSR count). The molecule has 0 bridgehead atoms. The molecule has 0 radical (unpaired) electrons. The Kier molecular flexibility index (Phi) is 5.12. The van der Waals surface area contributed by atoms with E-state index in [1.165, 1.54) is 23.4 Å². The first-order valence-electron chi connectivity index (χ1n) is 11.5. The van der Waals surface area contributed by atoms with Crippen molar-refractivity contribution in [2.24, 2.45) is 0 Å². The maximum absolute atomic E-state index is 13.3. The second-order valence-electron chi connectivity index (χ2n) is 10.6. The number of nitrogens with one attached hydrogen (secondary N) is 1. The van der Waals surface area contributed by atoms with E-state index in [2.05, 4.69) is 58.6 Å². The number of likely N-dealkylation sites (tertiary alicyclic amines) is 1. The van der Waals surface area contributed by atoms with E-state index >= 15 is 0 Å². The first kappa shape index (κ1) is 21.5. The van der Waals surface area contributed by atoms with Gasteiger partial charge in [0, 0.05) is 23.9 Å². The van der Waals surface area contributed by atoms with Crippen LogP contribution in [0.1, 0.15) is 24.3 Å². The topological polar surface area (TPSA) is 44.8 Å². The average molecular weight is 429 g/mol. The Bertz CT molecular complexity index is 1050. The smallest absolute Gasteiger partial charge is 0.243 e. The van der Waals surface area contributed by atoms with E-state index in [-0.39, 0.29) is 17.1 Å². The van der Waals surface area contributed by atoms with Gasteiger partial charge in [-0.25, -0.2) is 4.39 Å². The van der Waals surface area contributed by atoms with E-state index in [4.69, 9.17) is 4.74 Å². The number of hydrogen-bond donors (Lipinski definition) is 1. The highest BCUT2D eigenvalue weighted by Crippen LogP contribution is 2.50. The Morgan fingerprint density at radius 1 is 1.12 bits per heavy atom. The third-order valence-corrected chi connectivity index (χ3v) is 7.24. The van der Waals surface area contributed by atoms with Crippen LogP contribution in [0, 0.1) is 5.82 Å². The fourth-order valence-electron chi connectivity index (χ4n) is 6.17. The van der Waals surface area contributed by atoms with Crippen LogP contribution in [0.25, 0.3) is 0 Å². The lowest BCUT2D eigenvalue weighted by atomic mass is 9.48. The minimum absolute atomic E-state index is 0.0755. The molecule has 1 saturated heterocycles. The maximum atomic E-state index is 13.3. The molecule has 1 amide bonds. The van der Waals surface area contributed by atoms with E-state index in [0.29, 0.717) is 24.3 Å². The quantitative estimate of drug-likeness (QED) is 0.625. The molecule has 2 atom stereocenters. The number of hydrogen-bond acceptors (Lipinski definition) is 4. The van der Waals surface area contributed by atoms with Crippen molar-refractivity contribution in [1.82, 2.24) is 4.90 Å². The highest BCUT2D eigenvalue weighted by Gasteiger charge is 2.47. The van der Waals surface area contributed by atoms with Crippen LogP contribution in [0.2, 0.25) is 0 Å². The number of para-hydroxylation sites is 1. The van der Waals surface area contributed by atoms with E-state index in [9.17, 15) is 9.18 Å². The van der Waals surface area contributed by atoms with Gasteiger partial charge in [0.25, 0.3) is 0 Å². The average Bonchev–Trinajstić information content (AvgIpc) is 3.03. The Morgan fingerprint density at radius 2 is 1.88 bits per heavy atom. The zero-order chi connectivity index (χ0) is 22.7. The molecule has 0 aromatic heterocycles. The van der Waals surface area contributed by atoms with Gasteiger partial charge in [-0.05, 0) is 60.6 Å². The van der Waals surface area contributed by atoms with Crippen molar-refractivity contribution in [3.05, 3.63) is 53.8 Å². The highest BCUT2D eigenvalue weighted by atomic mass is 19.1.